The van der Waals surface area contributed by atoms with Crippen LogP contribution in [0.25, 0.3) is 0 Å². The fourth-order valence-corrected chi connectivity index (χ4v) is 0.399. The molecule has 0 aromatic rings. The Morgan fingerprint density at radius 2 is 2.25 bits per heavy atom. The molecule has 2 nitrogen and oxygen atoms in total. The van der Waals surface area contributed by atoms with Crippen LogP contribution in [0.15, 0.2) is 22.4 Å². The van der Waals surface area contributed by atoms with Crippen molar-refractivity contribution in [3.63, 3.8) is 0 Å². The van der Waals surface area contributed by atoms with Crippen LogP contribution in [0, 0.1) is 0 Å². The highest BCUT2D eigenvalue weighted by Gasteiger charge is 1.72. The first kappa shape index (κ1) is 7.34. The molecule has 0 N–H and O–H groups in total. The van der Waals surface area contributed by atoms with Gasteiger partial charge in [0.25, 0.3) is 0 Å². The summed E-state index contributed by atoms with van der Waals surface area (Å²) in [4.78, 5) is 0. The van der Waals surface area contributed by atoms with E-state index in [0.717, 1.165) is 13.0 Å². The minimum Gasteiger partial charge on any atom is -0.198 e. The third-order valence-electron chi connectivity index (χ3n) is 0.773. The summed E-state index contributed by atoms with van der Waals surface area (Å²) in [5, 5.41) is 7.38. The van der Waals surface area contributed by atoms with Gasteiger partial charge in [-0.05, 0) is 13.3 Å². The monoisotopic (exact) mass is 112 g/mol. The van der Waals surface area contributed by atoms with E-state index < -0.39 is 0 Å². The van der Waals surface area contributed by atoms with Gasteiger partial charge >= 0.3 is 0 Å². The molecular weight excluding hydrogens is 100 g/mol. The van der Waals surface area contributed by atoms with E-state index in [1.165, 1.54) is 0 Å². The van der Waals surface area contributed by atoms with E-state index in [-0.39, 0.29) is 0 Å². The lowest BCUT2D eigenvalue weighted by molar-refractivity contribution is 0.909. The molecular formula is C6H12N2. The SMILES string of the molecule is C/C=C\CC/N=N\C. The number of rotatable bonds is 3. The zero-order valence-corrected chi connectivity index (χ0v) is 5.46. The van der Waals surface area contributed by atoms with Crippen molar-refractivity contribution in [3.05, 3.63) is 12.2 Å². The predicted octanol–water partition coefficient (Wildman–Crippen LogP) is 2.03. The van der Waals surface area contributed by atoms with Crippen molar-refractivity contribution in [2.45, 2.75) is 13.3 Å². The van der Waals surface area contributed by atoms with Gasteiger partial charge in [0.05, 0.1) is 6.54 Å². The van der Waals surface area contributed by atoms with Gasteiger partial charge in [-0.25, -0.2) is 0 Å². The maximum Gasteiger partial charge on any atom is 0.0633 e. The minimum atomic E-state index is 0.820. The van der Waals surface area contributed by atoms with E-state index in [9.17, 15) is 0 Å². The Hall–Kier alpha value is -0.660. The van der Waals surface area contributed by atoms with Crippen LogP contribution in [0.1, 0.15) is 13.3 Å². The second kappa shape index (κ2) is 6.34. The first-order valence-electron chi connectivity index (χ1n) is 2.78. The summed E-state index contributed by atoms with van der Waals surface area (Å²) < 4.78 is 0. The number of hydrogen-bond donors (Lipinski definition) is 0. The van der Waals surface area contributed by atoms with Crippen LogP contribution >= 0.6 is 0 Å². The van der Waals surface area contributed by atoms with Crippen LogP contribution < -0.4 is 0 Å². The van der Waals surface area contributed by atoms with Crippen LogP contribution in [0.2, 0.25) is 0 Å². The molecule has 0 saturated carbocycles. The van der Waals surface area contributed by atoms with Crippen LogP contribution in [0.5, 0.6) is 0 Å². The topological polar surface area (TPSA) is 24.7 Å². The average Bonchev–Trinajstić information content (AvgIpc) is 1.81. The quantitative estimate of drug-likeness (QED) is 0.303. The first-order valence-corrected chi connectivity index (χ1v) is 2.78. The van der Waals surface area contributed by atoms with Crippen molar-refractivity contribution in [2.24, 2.45) is 10.2 Å². The summed E-state index contributed by atoms with van der Waals surface area (Å²) in [6, 6.07) is 0. The Bertz CT molecular complexity index is 72.5. The molecule has 0 saturated heterocycles. The van der Waals surface area contributed by atoms with Gasteiger partial charge < -0.3 is 0 Å². The zero-order valence-electron chi connectivity index (χ0n) is 5.46. The minimum absolute atomic E-state index is 0.820. The van der Waals surface area contributed by atoms with Gasteiger partial charge in [0, 0.05) is 7.05 Å². The normalized spacial score (nSPS) is 11.8. The highest BCUT2D eigenvalue weighted by atomic mass is 15.1. The molecule has 0 aliphatic carbocycles. The summed E-state index contributed by atoms with van der Waals surface area (Å²) in [6.07, 6.45) is 5.10. The maximum absolute atomic E-state index is 3.78. The molecule has 8 heavy (non-hydrogen) atoms. The highest BCUT2D eigenvalue weighted by Crippen LogP contribution is 1.82. The van der Waals surface area contributed by atoms with E-state index in [4.69, 9.17) is 0 Å². The fraction of sp³-hybridized carbons (Fsp3) is 0.667. The van der Waals surface area contributed by atoms with Crippen molar-refractivity contribution in [1.82, 2.24) is 0 Å². The number of hydrogen-bond acceptors (Lipinski definition) is 2. The van der Waals surface area contributed by atoms with E-state index in [1.807, 2.05) is 13.0 Å². The zero-order chi connectivity index (χ0) is 6.24. The molecule has 46 valence electrons. The van der Waals surface area contributed by atoms with Crippen molar-refractivity contribution in [3.8, 4) is 0 Å². The van der Waals surface area contributed by atoms with Gasteiger partial charge in [0.1, 0.15) is 0 Å². The molecule has 0 amide bonds. The largest absolute Gasteiger partial charge is 0.198 e. The average molecular weight is 112 g/mol. The molecule has 0 heterocycles. The lowest BCUT2D eigenvalue weighted by atomic mass is 10.4. The van der Waals surface area contributed by atoms with E-state index in [0.29, 0.717) is 0 Å². The van der Waals surface area contributed by atoms with Gasteiger partial charge in [-0.1, -0.05) is 12.2 Å². The van der Waals surface area contributed by atoms with Gasteiger partial charge in [-0.3, -0.25) is 0 Å². The van der Waals surface area contributed by atoms with Crippen LogP contribution in [0.4, 0.5) is 0 Å². The Kier molecular flexibility index (Phi) is 5.82. The molecule has 0 radical (unpaired) electrons. The van der Waals surface area contributed by atoms with Crippen molar-refractivity contribution >= 4 is 0 Å². The van der Waals surface area contributed by atoms with Crippen LogP contribution in [-0.2, 0) is 0 Å². The van der Waals surface area contributed by atoms with E-state index in [1.54, 1.807) is 7.05 Å². The van der Waals surface area contributed by atoms with Crippen LogP contribution in [-0.4, -0.2) is 13.6 Å². The predicted molar refractivity (Wildman–Crippen MR) is 35.1 cm³/mol. The van der Waals surface area contributed by atoms with Gasteiger partial charge in [-0.2, -0.15) is 10.2 Å². The summed E-state index contributed by atoms with van der Waals surface area (Å²) in [7, 11) is 1.69. The first-order chi connectivity index (χ1) is 3.91. The van der Waals surface area contributed by atoms with Gasteiger partial charge in [0.2, 0.25) is 0 Å². The molecule has 0 bridgehead atoms. The second-order valence-electron chi connectivity index (χ2n) is 1.42. The van der Waals surface area contributed by atoms with Crippen molar-refractivity contribution < 1.29 is 0 Å². The van der Waals surface area contributed by atoms with E-state index in [2.05, 4.69) is 16.3 Å². The lowest BCUT2D eigenvalue weighted by Gasteiger charge is -1.80. The number of allylic oxidation sites excluding steroid dienone is 1. The van der Waals surface area contributed by atoms with Crippen LogP contribution in [0.3, 0.4) is 0 Å². The standard InChI is InChI=1S/C6H12N2/c1-3-4-5-6-8-7-2/h3-4H,5-6H2,1-2H3/b4-3-,8-7-. The Labute approximate surface area is 50.3 Å². The molecule has 0 unspecified atom stereocenters. The number of nitrogens with zero attached hydrogens (tertiary/aromatic N) is 2. The summed E-state index contributed by atoms with van der Waals surface area (Å²) >= 11 is 0. The smallest absolute Gasteiger partial charge is 0.0633 e. The van der Waals surface area contributed by atoms with Gasteiger partial charge in [0.15, 0.2) is 0 Å². The Morgan fingerprint density at radius 1 is 1.50 bits per heavy atom. The third-order valence-corrected chi connectivity index (χ3v) is 0.773. The highest BCUT2D eigenvalue weighted by molar-refractivity contribution is 4.76. The molecule has 0 fully saturated rings. The van der Waals surface area contributed by atoms with Gasteiger partial charge in [-0.15, -0.1) is 0 Å². The number of azo groups is 1. The summed E-state index contributed by atoms with van der Waals surface area (Å²) in [5.74, 6) is 0. The Morgan fingerprint density at radius 3 is 2.75 bits per heavy atom. The molecule has 2 heteroatoms. The lowest BCUT2D eigenvalue weighted by Crippen LogP contribution is -1.71. The maximum atomic E-state index is 3.78. The summed E-state index contributed by atoms with van der Waals surface area (Å²) in [6.45, 7) is 2.82. The molecule has 0 spiro atoms. The second-order valence-corrected chi connectivity index (χ2v) is 1.42. The van der Waals surface area contributed by atoms with Crippen molar-refractivity contribution in [1.29, 1.82) is 0 Å². The molecule has 0 atom stereocenters. The fourth-order valence-electron chi connectivity index (χ4n) is 0.399. The third kappa shape index (κ3) is 5.34. The molecule has 0 aromatic heterocycles. The molecule has 0 rings (SSSR count). The molecule has 0 aliphatic rings. The van der Waals surface area contributed by atoms with Crippen molar-refractivity contribution in [2.75, 3.05) is 13.6 Å². The molecule has 0 aromatic carbocycles. The summed E-state index contributed by atoms with van der Waals surface area (Å²) in [5.41, 5.74) is 0. The van der Waals surface area contributed by atoms with E-state index >= 15 is 0 Å². The molecule has 0 aliphatic heterocycles. The Balaban J connectivity index is 2.93.